The SMILES string of the molecule is CC[C@H](C)[C@@H]([C@@H](CC(=O)N1CCC[C@H]1[C@H](OC)[C@@H](C)C(=O)N[C@H](COc1ccc(C(C)=NNC(=O)CCCCCN2C(=O)C=CC2=O)cc1)Cc1ccccc1)OC)N(C)C(=O)[C@@H](NC(=O)[C@H](C(C)C)N(C)C)C(C)C. The predicted octanol–water partition coefficient (Wildman–Crippen LogP) is 5.77. The van der Waals surface area contributed by atoms with Gasteiger partial charge in [-0.05, 0) is 106 Å². The van der Waals surface area contributed by atoms with E-state index in [9.17, 15) is 33.6 Å². The van der Waals surface area contributed by atoms with Crippen LogP contribution in [0, 0.1) is 23.7 Å². The van der Waals surface area contributed by atoms with E-state index < -0.39 is 42.3 Å². The van der Waals surface area contributed by atoms with Gasteiger partial charge in [-0.15, -0.1) is 0 Å². The Hall–Kier alpha value is -5.98. The fraction of sp³-hybridized carbons (Fsp3) is 0.621. The van der Waals surface area contributed by atoms with Crippen LogP contribution in [0.4, 0.5) is 0 Å². The summed E-state index contributed by atoms with van der Waals surface area (Å²) < 4.78 is 18.5. The molecule has 18 heteroatoms. The van der Waals surface area contributed by atoms with Crippen molar-refractivity contribution in [1.29, 1.82) is 0 Å². The number of amides is 7. The summed E-state index contributed by atoms with van der Waals surface area (Å²) in [6.07, 6.45) is 5.98. The van der Waals surface area contributed by atoms with Crippen molar-refractivity contribution in [3.63, 3.8) is 0 Å². The number of hydrogen-bond donors (Lipinski definition) is 3. The summed E-state index contributed by atoms with van der Waals surface area (Å²) >= 11 is 0. The second kappa shape index (κ2) is 30.7. The highest BCUT2D eigenvalue weighted by molar-refractivity contribution is 6.12. The summed E-state index contributed by atoms with van der Waals surface area (Å²) in [5, 5.41) is 10.6. The molecule has 7 amide bonds. The number of rotatable bonds is 31. The highest BCUT2D eigenvalue weighted by atomic mass is 16.5. The van der Waals surface area contributed by atoms with E-state index in [1.165, 1.54) is 17.1 Å². The van der Waals surface area contributed by atoms with Gasteiger partial charge in [-0.2, -0.15) is 5.10 Å². The third kappa shape index (κ3) is 17.8. The number of unbranched alkanes of at least 4 members (excludes halogenated alkanes) is 2. The maximum absolute atomic E-state index is 14.5. The number of ether oxygens (including phenoxy) is 3. The monoisotopic (exact) mass is 1060 g/mol. The standard InChI is InChI=1S/C58H88N8O10/c1-14-39(6)54(64(11)58(73)52(37(2)3)60-57(72)53(38(4)5)63(9)10)47(74-12)35-51(70)65-33-21-24-46(65)55(75-13)40(7)56(71)59-44(34-42-22-17-15-18-23-42)36-76-45-28-26-43(27-29-45)41(8)61-62-48(67)25-19-16-20-32-66-49(68)30-31-50(66)69/h15,17-18,22-23,26-31,37-40,44,46-47,52-55H,14,16,19-21,24-25,32-36H2,1-13H3,(H,59,71)(H,60,72)(H,62,67)/t39-,40+,44-,46-,47+,52-,53-,54-,55+/m0/s1. The molecule has 2 heterocycles. The van der Waals surface area contributed by atoms with Crippen LogP contribution in [-0.4, -0.2) is 164 Å². The van der Waals surface area contributed by atoms with Crippen molar-refractivity contribution in [2.75, 3.05) is 55.1 Å². The maximum atomic E-state index is 14.5. The summed E-state index contributed by atoms with van der Waals surface area (Å²) in [6, 6.07) is 14.6. The number of likely N-dealkylation sites (tertiary alicyclic amines) is 1. The molecule has 1 saturated heterocycles. The molecule has 2 aliphatic heterocycles. The van der Waals surface area contributed by atoms with Crippen molar-refractivity contribution >= 4 is 47.1 Å². The third-order valence-electron chi connectivity index (χ3n) is 14.9. The molecule has 0 aromatic heterocycles. The number of nitrogens with zero attached hydrogens (tertiary/aromatic N) is 5. The van der Waals surface area contributed by atoms with Crippen LogP contribution in [0.3, 0.4) is 0 Å². The van der Waals surface area contributed by atoms with Gasteiger partial charge < -0.3 is 34.6 Å². The summed E-state index contributed by atoms with van der Waals surface area (Å²) in [5.41, 5.74) is 5.00. The lowest BCUT2D eigenvalue weighted by Gasteiger charge is -2.41. The first-order chi connectivity index (χ1) is 36.1. The lowest BCUT2D eigenvalue weighted by Crippen LogP contribution is -2.59. The number of methoxy groups -OCH3 is 2. The first-order valence-electron chi connectivity index (χ1n) is 27.2. The van der Waals surface area contributed by atoms with Crippen LogP contribution in [0.15, 0.2) is 71.9 Å². The Kier molecular flexibility index (Phi) is 25.3. The van der Waals surface area contributed by atoms with Gasteiger partial charge in [-0.25, -0.2) is 5.43 Å². The zero-order chi connectivity index (χ0) is 56.2. The summed E-state index contributed by atoms with van der Waals surface area (Å²) in [6.45, 7) is 16.5. The van der Waals surface area contributed by atoms with Crippen molar-refractivity contribution in [3.8, 4) is 5.75 Å². The minimum absolute atomic E-state index is 0.00188. The molecular weight excluding hydrogens is 969 g/mol. The maximum Gasteiger partial charge on any atom is 0.253 e. The zero-order valence-electron chi connectivity index (χ0n) is 47.5. The van der Waals surface area contributed by atoms with E-state index in [0.717, 1.165) is 24.0 Å². The minimum atomic E-state index is -0.787. The van der Waals surface area contributed by atoms with Crippen molar-refractivity contribution in [1.82, 2.24) is 35.7 Å². The number of likely N-dealkylation sites (N-methyl/N-ethyl adjacent to an activating group) is 2. The third-order valence-corrected chi connectivity index (χ3v) is 14.9. The normalized spacial score (nSPS) is 18.1. The van der Waals surface area contributed by atoms with Crippen LogP contribution >= 0.6 is 0 Å². The fourth-order valence-corrected chi connectivity index (χ4v) is 10.4. The Bertz CT molecular complexity index is 2260. The molecular formula is C58H88N8O10. The van der Waals surface area contributed by atoms with E-state index in [4.69, 9.17) is 14.2 Å². The molecule has 0 aliphatic carbocycles. The van der Waals surface area contributed by atoms with Crippen LogP contribution in [0.1, 0.15) is 118 Å². The predicted molar refractivity (Wildman–Crippen MR) is 294 cm³/mol. The van der Waals surface area contributed by atoms with Crippen LogP contribution in [-0.2, 0) is 49.5 Å². The number of hydrogen-bond acceptors (Lipinski definition) is 12. The van der Waals surface area contributed by atoms with Crippen LogP contribution in [0.25, 0.3) is 0 Å². The molecule has 9 atom stereocenters. The average Bonchev–Trinajstić information content (AvgIpc) is 4.01. The van der Waals surface area contributed by atoms with Crippen LogP contribution < -0.4 is 20.8 Å². The first-order valence-corrected chi connectivity index (χ1v) is 27.2. The number of hydrazone groups is 1. The fourth-order valence-electron chi connectivity index (χ4n) is 10.4. The van der Waals surface area contributed by atoms with Gasteiger partial charge in [0.25, 0.3) is 11.8 Å². The van der Waals surface area contributed by atoms with Gasteiger partial charge in [0.05, 0.1) is 54.4 Å². The molecule has 2 aliphatic rings. The Balaban J connectivity index is 1.39. The molecule has 2 aromatic carbocycles. The summed E-state index contributed by atoms with van der Waals surface area (Å²) in [4.78, 5) is 99.3. The molecule has 0 spiro atoms. The van der Waals surface area contributed by atoms with Gasteiger partial charge in [0.1, 0.15) is 18.4 Å². The van der Waals surface area contributed by atoms with Crippen molar-refractivity contribution in [3.05, 3.63) is 77.9 Å². The molecule has 0 unspecified atom stereocenters. The Morgan fingerprint density at radius 3 is 2.05 bits per heavy atom. The molecule has 2 aromatic rings. The smallest absolute Gasteiger partial charge is 0.253 e. The zero-order valence-corrected chi connectivity index (χ0v) is 47.5. The second-order valence-corrected chi connectivity index (χ2v) is 21.4. The molecule has 1 fully saturated rings. The van der Waals surface area contributed by atoms with Crippen LogP contribution in [0.5, 0.6) is 5.75 Å². The van der Waals surface area contributed by atoms with Gasteiger partial charge in [0.15, 0.2) is 0 Å². The molecule has 76 heavy (non-hydrogen) atoms. The van der Waals surface area contributed by atoms with E-state index >= 15 is 0 Å². The van der Waals surface area contributed by atoms with Gasteiger partial charge in [-0.3, -0.25) is 43.4 Å². The second-order valence-electron chi connectivity index (χ2n) is 21.4. The molecule has 18 nitrogen and oxygen atoms in total. The Labute approximate surface area is 452 Å². The van der Waals surface area contributed by atoms with Crippen LogP contribution in [0.2, 0.25) is 0 Å². The largest absolute Gasteiger partial charge is 0.491 e. The molecule has 0 radical (unpaired) electrons. The number of imide groups is 1. The topological polar surface area (TPSA) is 209 Å². The summed E-state index contributed by atoms with van der Waals surface area (Å²) in [5.74, 6) is -2.00. The number of carbonyl (C=O) groups is 7. The van der Waals surface area contributed by atoms with Gasteiger partial charge >= 0.3 is 0 Å². The van der Waals surface area contributed by atoms with E-state index in [-0.39, 0.29) is 84.6 Å². The molecule has 3 N–H and O–H groups in total. The van der Waals surface area contributed by atoms with E-state index in [0.29, 0.717) is 56.7 Å². The highest BCUT2D eigenvalue weighted by Gasteiger charge is 2.43. The molecule has 0 bridgehead atoms. The van der Waals surface area contributed by atoms with Crippen molar-refractivity contribution in [2.45, 2.75) is 156 Å². The molecule has 420 valence electrons. The van der Waals surface area contributed by atoms with Crippen molar-refractivity contribution < 1.29 is 47.8 Å². The average molecular weight is 1060 g/mol. The van der Waals surface area contributed by atoms with E-state index in [2.05, 4.69) is 21.2 Å². The highest BCUT2D eigenvalue weighted by Crippen LogP contribution is 2.30. The van der Waals surface area contributed by atoms with Gasteiger partial charge in [0.2, 0.25) is 29.5 Å². The van der Waals surface area contributed by atoms with E-state index in [1.54, 1.807) is 33.1 Å². The van der Waals surface area contributed by atoms with Gasteiger partial charge in [0, 0.05) is 52.9 Å². The van der Waals surface area contributed by atoms with Crippen molar-refractivity contribution in [2.24, 2.45) is 28.8 Å². The number of nitrogens with one attached hydrogen (secondary N) is 3. The summed E-state index contributed by atoms with van der Waals surface area (Å²) in [7, 11) is 8.57. The minimum Gasteiger partial charge on any atom is -0.491 e. The Morgan fingerprint density at radius 2 is 1.47 bits per heavy atom. The lowest BCUT2D eigenvalue weighted by atomic mass is 9.89. The molecule has 4 rings (SSSR count). The quantitative estimate of drug-likeness (QED) is 0.0358. The number of benzene rings is 2. The van der Waals surface area contributed by atoms with E-state index in [1.807, 2.05) is 127 Å². The number of carbonyl (C=O) groups excluding carboxylic acids is 7. The lowest BCUT2D eigenvalue weighted by molar-refractivity contribution is -0.148. The van der Waals surface area contributed by atoms with Gasteiger partial charge in [-0.1, -0.05) is 91.6 Å². The molecule has 0 saturated carbocycles. The Morgan fingerprint density at radius 1 is 0.816 bits per heavy atom. The first kappa shape index (κ1) is 62.6.